The second-order valence-electron chi connectivity index (χ2n) is 18.7. The standard InChI is InChI=1S/C52H68N8O2/c1-57(2)29-9-31-59(5,6)33-11-35-61-45-21-13-39(14-22-45)51-47-25-17-41(53-47)37-43-19-27-49(55-43)52(50-28-20-44(56-50)38-42-18-26-48(51)54-42)40-15-23-46(24-16-40)62-36-12-34-60(7,8)32-10-30-58(3)4/h13-28,37-38,53-54H,9-12,29-36H2,1-8H3/q+2. The average molecular weight is 837 g/mol. The Morgan fingerprint density at radius 3 is 1.31 bits per heavy atom. The van der Waals surface area contributed by atoms with Gasteiger partial charge < -0.3 is 38.2 Å². The van der Waals surface area contributed by atoms with Crippen molar-refractivity contribution in [3.8, 4) is 33.8 Å². The minimum atomic E-state index is 0.691. The van der Waals surface area contributed by atoms with Crippen molar-refractivity contribution in [2.75, 3.05) is 109 Å². The number of rotatable bonds is 20. The molecule has 0 aliphatic carbocycles. The highest BCUT2D eigenvalue weighted by atomic mass is 16.5. The molecule has 5 aromatic rings. The SMILES string of the molecule is CN(C)CCC[N+](C)(C)CCCOc1ccc(-c2c3nc(cc4ccc([nH]4)c(-c4ccc(OCCC[N+](C)(C)CCCN(C)C)cc4)c4ccc(cc5nc2C=C5)[nH]4)C=C3)cc1. The monoisotopic (exact) mass is 837 g/mol. The van der Waals surface area contributed by atoms with E-state index in [1.165, 1.54) is 19.4 Å². The Hall–Kier alpha value is -5.52. The van der Waals surface area contributed by atoms with Crippen LogP contribution in [-0.2, 0) is 0 Å². The van der Waals surface area contributed by atoms with Crippen molar-refractivity contribution in [2.45, 2.75) is 25.7 Å². The number of nitrogens with one attached hydrogen (secondary N) is 2. The van der Waals surface area contributed by atoms with Crippen molar-refractivity contribution < 1.29 is 18.4 Å². The summed E-state index contributed by atoms with van der Waals surface area (Å²) in [6, 6.07) is 29.6. The summed E-state index contributed by atoms with van der Waals surface area (Å²) in [7, 11) is 17.8. The van der Waals surface area contributed by atoms with Crippen molar-refractivity contribution in [3.05, 3.63) is 108 Å². The van der Waals surface area contributed by atoms with E-state index < -0.39 is 0 Å². The number of H-pyrrole nitrogens is 2. The van der Waals surface area contributed by atoms with Crippen molar-refractivity contribution in [2.24, 2.45) is 0 Å². The first kappa shape index (κ1) is 44.5. The minimum absolute atomic E-state index is 0.691. The lowest BCUT2D eigenvalue weighted by Crippen LogP contribution is -2.42. The lowest BCUT2D eigenvalue weighted by Gasteiger charge is -2.30. The van der Waals surface area contributed by atoms with E-state index in [0.29, 0.717) is 13.2 Å². The molecular formula is C52H68N8O2+2. The molecule has 0 spiro atoms. The Balaban J connectivity index is 1.11. The van der Waals surface area contributed by atoms with E-state index in [2.05, 4.69) is 185 Å². The third-order valence-corrected chi connectivity index (χ3v) is 11.8. The molecule has 0 saturated carbocycles. The van der Waals surface area contributed by atoms with Crippen LogP contribution in [0.1, 0.15) is 48.5 Å². The Labute approximate surface area is 369 Å². The Kier molecular flexibility index (Phi) is 14.4. The van der Waals surface area contributed by atoms with E-state index in [-0.39, 0.29) is 0 Å². The fourth-order valence-corrected chi connectivity index (χ4v) is 8.34. The molecule has 2 N–H and O–H groups in total. The van der Waals surface area contributed by atoms with Gasteiger partial charge in [0.2, 0.25) is 0 Å². The second-order valence-corrected chi connectivity index (χ2v) is 18.7. The smallest absolute Gasteiger partial charge is 0.119 e. The van der Waals surface area contributed by atoms with Gasteiger partial charge in [-0.2, -0.15) is 0 Å². The molecular weight excluding hydrogens is 769 g/mol. The van der Waals surface area contributed by atoms with Crippen LogP contribution in [0.4, 0.5) is 0 Å². The van der Waals surface area contributed by atoms with Crippen molar-refractivity contribution in [3.63, 3.8) is 0 Å². The number of fused-ring (bicyclic) bond motifs is 8. The zero-order chi connectivity index (χ0) is 43.7. The van der Waals surface area contributed by atoms with Gasteiger partial charge >= 0.3 is 0 Å². The second kappa shape index (κ2) is 20.1. The van der Waals surface area contributed by atoms with Gasteiger partial charge in [-0.15, -0.1) is 0 Å². The van der Waals surface area contributed by atoms with Gasteiger partial charge in [0.25, 0.3) is 0 Å². The van der Waals surface area contributed by atoms with Crippen LogP contribution in [0.5, 0.6) is 11.5 Å². The molecule has 0 atom stereocenters. The lowest BCUT2D eigenvalue weighted by molar-refractivity contribution is -0.890. The largest absolute Gasteiger partial charge is 0.493 e. The summed E-state index contributed by atoms with van der Waals surface area (Å²) in [5.74, 6) is 1.76. The van der Waals surface area contributed by atoms with Gasteiger partial charge in [0, 0.05) is 72.0 Å². The van der Waals surface area contributed by atoms with Gasteiger partial charge in [0.15, 0.2) is 0 Å². The van der Waals surface area contributed by atoms with Gasteiger partial charge in [-0.05, 0) is 124 Å². The molecule has 7 rings (SSSR count). The Bertz CT molecular complexity index is 2400. The summed E-state index contributed by atoms with van der Waals surface area (Å²) in [5.41, 5.74) is 11.7. The topological polar surface area (TPSA) is 82.3 Å². The van der Waals surface area contributed by atoms with E-state index in [0.717, 1.165) is 133 Å². The molecule has 10 nitrogen and oxygen atoms in total. The summed E-state index contributed by atoms with van der Waals surface area (Å²) in [5, 5.41) is 0. The fraction of sp³-hybridized carbons (Fsp3) is 0.385. The first-order chi connectivity index (χ1) is 29.8. The first-order valence-electron chi connectivity index (χ1n) is 22.3. The summed E-state index contributed by atoms with van der Waals surface area (Å²) in [4.78, 5) is 22.2. The van der Waals surface area contributed by atoms with E-state index in [1.54, 1.807) is 0 Å². The maximum atomic E-state index is 6.24. The van der Waals surface area contributed by atoms with Gasteiger partial charge in [-0.25, -0.2) is 9.97 Å². The number of nitrogens with zero attached hydrogens (tertiary/aromatic N) is 6. The molecule has 62 heavy (non-hydrogen) atoms. The van der Waals surface area contributed by atoms with E-state index >= 15 is 0 Å². The first-order valence-corrected chi connectivity index (χ1v) is 22.3. The highest BCUT2D eigenvalue weighted by Crippen LogP contribution is 2.34. The predicted molar refractivity (Wildman–Crippen MR) is 260 cm³/mol. The van der Waals surface area contributed by atoms with Gasteiger partial charge in [-0.3, -0.25) is 0 Å². The van der Waals surface area contributed by atoms with Crippen LogP contribution in [-0.4, -0.2) is 148 Å². The zero-order valence-corrected chi connectivity index (χ0v) is 38.4. The number of aromatic nitrogens is 4. The zero-order valence-electron chi connectivity index (χ0n) is 38.4. The van der Waals surface area contributed by atoms with Gasteiger partial charge in [-0.1, -0.05) is 24.3 Å². The number of hydrogen-bond acceptors (Lipinski definition) is 6. The predicted octanol–water partition coefficient (Wildman–Crippen LogP) is 9.58. The summed E-state index contributed by atoms with van der Waals surface area (Å²) < 4.78 is 14.5. The van der Waals surface area contributed by atoms with Gasteiger partial charge in [0.1, 0.15) is 11.5 Å². The van der Waals surface area contributed by atoms with E-state index in [1.807, 2.05) is 0 Å². The lowest BCUT2D eigenvalue weighted by atomic mass is 10.0. The molecule has 10 heteroatoms. The van der Waals surface area contributed by atoms with Crippen LogP contribution in [0.3, 0.4) is 0 Å². The maximum Gasteiger partial charge on any atom is 0.119 e. The number of quaternary nitrogens is 2. The van der Waals surface area contributed by atoms with Crippen molar-refractivity contribution in [1.82, 2.24) is 29.7 Å². The Morgan fingerprint density at radius 1 is 0.484 bits per heavy atom. The average Bonchev–Trinajstić information content (AvgIpc) is 4.07. The molecule has 0 radical (unpaired) electrons. The molecule has 0 fully saturated rings. The van der Waals surface area contributed by atoms with Gasteiger partial charge in [0.05, 0.1) is 90.4 Å². The highest BCUT2D eigenvalue weighted by molar-refractivity contribution is 5.94. The molecule has 0 unspecified atom stereocenters. The van der Waals surface area contributed by atoms with Crippen LogP contribution in [0, 0.1) is 0 Å². The molecule has 326 valence electrons. The third kappa shape index (κ3) is 12.3. The number of aromatic amines is 2. The number of ether oxygens (including phenoxy) is 2. The summed E-state index contributed by atoms with van der Waals surface area (Å²) >= 11 is 0. The van der Waals surface area contributed by atoms with Crippen LogP contribution in [0.2, 0.25) is 0 Å². The minimum Gasteiger partial charge on any atom is -0.493 e. The Morgan fingerprint density at radius 2 is 0.887 bits per heavy atom. The number of hydrogen-bond donors (Lipinski definition) is 2. The van der Waals surface area contributed by atoms with Crippen LogP contribution in [0.15, 0.2) is 84.9 Å². The molecule has 3 aromatic heterocycles. The van der Waals surface area contributed by atoms with E-state index in [4.69, 9.17) is 19.4 Å². The highest BCUT2D eigenvalue weighted by Gasteiger charge is 2.18. The normalized spacial score (nSPS) is 12.8. The molecule has 2 aliphatic rings. The maximum absolute atomic E-state index is 6.24. The summed E-state index contributed by atoms with van der Waals surface area (Å²) in [6.07, 6.45) is 12.7. The molecule has 8 bridgehead atoms. The molecule has 2 aromatic carbocycles. The van der Waals surface area contributed by atoms with Crippen molar-refractivity contribution >= 4 is 46.4 Å². The van der Waals surface area contributed by atoms with E-state index in [9.17, 15) is 0 Å². The number of benzene rings is 2. The fourth-order valence-electron chi connectivity index (χ4n) is 8.34. The van der Waals surface area contributed by atoms with Crippen LogP contribution in [0.25, 0.3) is 68.6 Å². The summed E-state index contributed by atoms with van der Waals surface area (Å²) in [6.45, 7) is 8.13. The third-order valence-electron chi connectivity index (χ3n) is 11.8. The van der Waals surface area contributed by atoms with Crippen molar-refractivity contribution in [1.29, 1.82) is 0 Å². The quantitative estimate of drug-likeness (QED) is 0.0589. The van der Waals surface area contributed by atoms with Crippen LogP contribution >= 0.6 is 0 Å². The molecule has 0 amide bonds. The molecule has 5 heterocycles. The molecule has 2 aliphatic heterocycles. The molecule has 0 saturated heterocycles. The van der Waals surface area contributed by atoms with Crippen LogP contribution < -0.4 is 9.47 Å².